The van der Waals surface area contributed by atoms with Gasteiger partial charge in [-0.05, 0) is 50.7 Å². The van der Waals surface area contributed by atoms with Gasteiger partial charge in [0.1, 0.15) is 11.9 Å². The molecule has 0 spiro atoms. The molecule has 2 amide bonds. The first-order chi connectivity index (χ1) is 13.7. The Morgan fingerprint density at radius 2 is 2.03 bits per heavy atom. The number of likely N-dealkylation sites (N-methyl/N-ethyl adjacent to an activating group) is 1. The number of carbonyl (C=O) groups excluding carboxylic acids is 2. The van der Waals surface area contributed by atoms with Gasteiger partial charge in [-0.2, -0.15) is 0 Å². The highest BCUT2D eigenvalue weighted by molar-refractivity contribution is 5.97. The van der Waals surface area contributed by atoms with Crippen molar-refractivity contribution in [1.29, 1.82) is 0 Å². The van der Waals surface area contributed by atoms with Gasteiger partial charge in [0.2, 0.25) is 5.91 Å². The third-order valence-electron chi connectivity index (χ3n) is 4.84. The van der Waals surface area contributed by atoms with E-state index in [1.54, 1.807) is 17.0 Å². The zero-order valence-corrected chi connectivity index (χ0v) is 17.2. The number of amides is 2. The molecule has 0 radical (unpaired) electrons. The highest BCUT2D eigenvalue weighted by Crippen LogP contribution is 2.24. The van der Waals surface area contributed by atoms with E-state index in [4.69, 9.17) is 4.52 Å². The largest absolute Gasteiger partial charge is 0.355 e. The van der Waals surface area contributed by atoms with Gasteiger partial charge in [0.25, 0.3) is 5.91 Å². The molecule has 2 heterocycles. The fraction of sp³-hybridized carbons (Fsp3) is 0.476. The van der Waals surface area contributed by atoms with Crippen LogP contribution in [0.15, 0.2) is 34.9 Å². The van der Waals surface area contributed by atoms with E-state index in [1.165, 1.54) is 18.2 Å². The van der Waals surface area contributed by atoms with E-state index in [0.29, 0.717) is 30.8 Å². The Hall–Kier alpha value is -2.74. The van der Waals surface area contributed by atoms with Gasteiger partial charge >= 0.3 is 0 Å². The lowest BCUT2D eigenvalue weighted by atomic mass is 9.97. The Morgan fingerprint density at radius 3 is 2.66 bits per heavy atom. The number of piperazine rings is 1. The number of halogens is 1. The first-order valence-corrected chi connectivity index (χ1v) is 9.73. The number of aromatic nitrogens is 1. The molecule has 1 N–H and O–H groups in total. The van der Waals surface area contributed by atoms with Crippen LogP contribution in [0.4, 0.5) is 4.39 Å². The lowest BCUT2D eigenvalue weighted by molar-refractivity contribution is -0.130. The number of carbonyl (C=O) groups is 2. The Morgan fingerprint density at radius 1 is 1.34 bits per heavy atom. The zero-order chi connectivity index (χ0) is 21.1. The second-order valence-corrected chi connectivity index (χ2v) is 8.15. The van der Waals surface area contributed by atoms with Gasteiger partial charge in [-0.1, -0.05) is 19.0 Å². The standard InChI is InChI=1S/C21H27FN4O3/c1-13(2)9-18-20(27)23-16(11-25(3)4)12-26(18)21(28)17-10-19(29-24-17)14-5-7-15(22)8-6-14/h5-8,10,13,16,18H,9,11-12H2,1-4H3,(H,23,27)/t16-,18-/m0/s1. The summed E-state index contributed by atoms with van der Waals surface area (Å²) in [5.41, 5.74) is 0.759. The van der Waals surface area contributed by atoms with Crippen molar-refractivity contribution in [2.45, 2.75) is 32.4 Å². The topological polar surface area (TPSA) is 78.7 Å². The quantitative estimate of drug-likeness (QED) is 0.803. The van der Waals surface area contributed by atoms with E-state index in [0.717, 1.165) is 0 Å². The lowest BCUT2D eigenvalue weighted by Crippen LogP contribution is -2.63. The molecule has 2 atom stereocenters. The van der Waals surface area contributed by atoms with E-state index in [-0.39, 0.29) is 35.3 Å². The van der Waals surface area contributed by atoms with E-state index in [1.807, 2.05) is 32.8 Å². The highest BCUT2D eigenvalue weighted by atomic mass is 19.1. The van der Waals surface area contributed by atoms with Gasteiger partial charge in [0.15, 0.2) is 11.5 Å². The summed E-state index contributed by atoms with van der Waals surface area (Å²) < 4.78 is 18.4. The van der Waals surface area contributed by atoms with Crippen LogP contribution >= 0.6 is 0 Å². The zero-order valence-electron chi connectivity index (χ0n) is 17.2. The Balaban J connectivity index is 1.85. The third kappa shape index (κ3) is 5.00. The van der Waals surface area contributed by atoms with Crippen LogP contribution in [0.1, 0.15) is 30.8 Å². The summed E-state index contributed by atoms with van der Waals surface area (Å²) in [5, 5.41) is 6.93. The molecule has 2 aromatic rings. The maximum Gasteiger partial charge on any atom is 0.276 e. The van der Waals surface area contributed by atoms with Crippen molar-refractivity contribution in [2.75, 3.05) is 27.2 Å². The minimum Gasteiger partial charge on any atom is -0.355 e. The summed E-state index contributed by atoms with van der Waals surface area (Å²) in [6.45, 7) is 5.07. The number of nitrogens with one attached hydrogen (secondary N) is 1. The van der Waals surface area contributed by atoms with Crippen molar-refractivity contribution in [3.05, 3.63) is 41.8 Å². The molecule has 0 bridgehead atoms. The van der Waals surface area contributed by atoms with Crippen LogP contribution in [0.5, 0.6) is 0 Å². The fourth-order valence-corrected chi connectivity index (χ4v) is 3.57. The van der Waals surface area contributed by atoms with Gasteiger partial charge < -0.3 is 19.6 Å². The molecule has 0 saturated carbocycles. The molecule has 3 rings (SSSR count). The first-order valence-electron chi connectivity index (χ1n) is 9.73. The van der Waals surface area contributed by atoms with Crippen LogP contribution in [-0.4, -0.2) is 66.0 Å². The molecule has 7 nitrogen and oxygen atoms in total. The van der Waals surface area contributed by atoms with Crippen LogP contribution in [0.2, 0.25) is 0 Å². The molecule has 8 heteroatoms. The summed E-state index contributed by atoms with van der Waals surface area (Å²) >= 11 is 0. The number of nitrogens with zero attached hydrogens (tertiary/aromatic N) is 3. The summed E-state index contributed by atoms with van der Waals surface area (Å²) in [4.78, 5) is 29.5. The number of hydrogen-bond donors (Lipinski definition) is 1. The predicted molar refractivity (Wildman–Crippen MR) is 107 cm³/mol. The second-order valence-electron chi connectivity index (χ2n) is 8.15. The molecule has 1 aromatic heterocycles. The summed E-state index contributed by atoms with van der Waals surface area (Å²) in [6, 6.07) is 6.59. The second kappa shape index (κ2) is 8.73. The normalized spacial score (nSPS) is 19.7. The molecule has 1 fully saturated rings. The van der Waals surface area contributed by atoms with Crippen LogP contribution in [0, 0.1) is 11.7 Å². The molecule has 0 unspecified atom stereocenters. The lowest BCUT2D eigenvalue weighted by Gasteiger charge is -2.40. The average Bonchev–Trinajstić information content (AvgIpc) is 3.13. The minimum atomic E-state index is -0.549. The number of hydrogen-bond acceptors (Lipinski definition) is 5. The number of benzene rings is 1. The monoisotopic (exact) mass is 402 g/mol. The Bertz CT molecular complexity index is 863. The molecular weight excluding hydrogens is 375 g/mol. The molecule has 1 aliphatic rings. The van der Waals surface area contributed by atoms with Gasteiger partial charge in [0.05, 0.1) is 6.04 Å². The molecule has 1 aliphatic heterocycles. The molecule has 156 valence electrons. The maximum atomic E-state index is 13.2. The first kappa shape index (κ1) is 21.0. The summed E-state index contributed by atoms with van der Waals surface area (Å²) in [7, 11) is 3.84. The number of rotatable bonds is 6. The van der Waals surface area contributed by atoms with E-state index >= 15 is 0 Å². The summed E-state index contributed by atoms with van der Waals surface area (Å²) in [5.74, 6) is -0.218. The minimum absolute atomic E-state index is 0.136. The Labute approximate surface area is 169 Å². The SMILES string of the molecule is CC(C)C[C@H]1C(=O)N[C@@H](CN(C)C)CN1C(=O)c1cc(-c2ccc(F)cc2)on1. The van der Waals surface area contributed by atoms with E-state index < -0.39 is 6.04 Å². The molecule has 1 saturated heterocycles. The van der Waals surface area contributed by atoms with Gasteiger partial charge in [0, 0.05) is 24.7 Å². The van der Waals surface area contributed by atoms with Crippen molar-refractivity contribution < 1.29 is 18.5 Å². The molecule has 29 heavy (non-hydrogen) atoms. The molecular formula is C21H27FN4O3. The van der Waals surface area contributed by atoms with Crippen LogP contribution in [0.25, 0.3) is 11.3 Å². The van der Waals surface area contributed by atoms with Crippen molar-refractivity contribution in [3.63, 3.8) is 0 Å². The highest BCUT2D eigenvalue weighted by Gasteiger charge is 2.39. The summed E-state index contributed by atoms with van der Waals surface area (Å²) in [6.07, 6.45) is 0.564. The van der Waals surface area contributed by atoms with Gasteiger partial charge in [-0.3, -0.25) is 9.59 Å². The van der Waals surface area contributed by atoms with Gasteiger partial charge in [-0.15, -0.1) is 0 Å². The van der Waals surface area contributed by atoms with Crippen LogP contribution in [0.3, 0.4) is 0 Å². The van der Waals surface area contributed by atoms with Crippen molar-refractivity contribution in [3.8, 4) is 11.3 Å². The van der Waals surface area contributed by atoms with Crippen LogP contribution < -0.4 is 5.32 Å². The molecule has 0 aliphatic carbocycles. The van der Waals surface area contributed by atoms with Crippen LogP contribution in [-0.2, 0) is 4.79 Å². The fourth-order valence-electron chi connectivity index (χ4n) is 3.57. The maximum absolute atomic E-state index is 13.2. The van der Waals surface area contributed by atoms with E-state index in [2.05, 4.69) is 10.5 Å². The van der Waals surface area contributed by atoms with Crippen molar-refractivity contribution >= 4 is 11.8 Å². The average molecular weight is 402 g/mol. The molecule has 1 aromatic carbocycles. The predicted octanol–water partition coefficient (Wildman–Crippen LogP) is 2.40. The van der Waals surface area contributed by atoms with Crippen molar-refractivity contribution in [2.24, 2.45) is 5.92 Å². The Kier molecular flexibility index (Phi) is 6.32. The van der Waals surface area contributed by atoms with E-state index in [9.17, 15) is 14.0 Å². The smallest absolute Gasteiger partial charge is 0.276 e. The van der Waals surface area contributed by atoms with Crippen molar-refractivity contribution in [1.82, 2.24) is 20.3 Å². The third-order valence-corrected chi connectivity index (χ3v) is 4.84. The van der Waals surface area contributed by atoms with Gasteiger partial charge in [-0.25, -0.2) is 4.39 Å².